The fraction of sp³-hybridized carbons (Fsp3) is 0.510. The molecule has 3 saturated heterocycles. The first-order valence-corrected chi connectivity index (χ1v) is 22.4. The van der Waals surface area contributed by atoms with Crippen LogP contribution >= 0.6 is 0 Å². The van der Waals surface area contributed by atoms with Gasteiger partial charge in [0.25, 0.3) is 0 Å². The normalized spacial score (nSPS) is 23.1. The summed E-state index contributed by atoms with van der Waals surface area (Å²) in [5.41, 5.74) is 10.0. The monoisotopic (exact) mass is 933 g/mol. The molecule has 15 nitrogen and oxygen atoms in total. The van der Waals surface area contributed by atoms with Crippen molar-refractivity contribution in [3.05, 3.63) is 101 Å². The predicted molar refractivity (Wildman–Crippen MR) is 243 cm³/mol. The lowest BCUT2D eigenvalue weighted by Gasteiger charge is -2.41. The zero-order valence-corrected chi connectivity index (χ0v) is 39.3. The fourth-order valence-electron chi connectivity index (χ4n) is 10.2. The molecule has 362 valence electrons. The number of primary amides is 2. The topological polar surface area (TPSA) is 207 Å². The lowest BCUT2D eigenvalue weighted by Crippen LogP contribution is -2.61. The van der Waals surface area contributed by atoms with Crippen LogP contribution in [0, 0.1) is 10.8 Å². The van der Waals surface area contributed by atoms with Crippen molar-refractivity contribution in [2.45, 2.75) is 121 Å². The van der Waals surface area contributed by atoms with Crippen molar-refractivity contribution < 1.29 is 51.4 Å². The summed E-state index contributed by atoms with van der Waals surface area (Å²) in [5.74, 6) is -2.45. The minimum atomic E-state index is -4.56. The summed E-state index contributed by atoms with van der Waals surface area (Å²) in [5, 5.41) is 5.26. The van der Waals surface area contributed by atoms with Crippen LogP contribution in [0.15, 0.2) is 72.8 Å². The molecule has 3 heterocycles. The Balaban J connectivity index is 1.36. The highest BCUT2D eigenvalue weighted by atomic mass is 19.4. The second kappa shape index (κ2) is 18.7. The number of methoxy groups -OCH3 is 2. The molecule has 3 aliphatic rings. The highest BCUT2D eigenvalue weighted by Gasteiger charge is 2.54. The van der Waals surface area contributed by atoms with Crippen molar-refractivity contribution in [1.82, 2.24) is 20.4 Å². The fourth-order valence-corrected chi connectivity index (χ4v) is 10.2. The molecule has 0 saturated carbocycles. The molecule has 3 fully saturated rings. The van der Waals surface area contributed by atoms with Gasteiger partial charge in [-0.1, -0.05) is 90.1 Å². The summed E-state index contributed by atoms with van der Waals surface area (Å²) in [4.78, 5) is 85.3. The van der Waals surface area contributed by atoms with Gasteiger partial charge in [-0.15, -0.1) is 0 Å². The number of alkyl carbamates (subject to hydrolysis) is 2. The van der Waals surface area contributed by atoms with Gasteiger partial charge in [0.2, 0.25) is 23.6 Å². The van der Waals surface area contributed by atoms with Gasteiger partial charge in [0, 0.05) is 18.8 Å². The van der Waals surface area contributed by atoms with Crippen molar-refractivity contribution in [2.75, 3.05) is 32.2 Å². The van der Waals surface area contributed by atoms with Crippen LogP contribution in [-0.4, -0.2) is 85.0 Å². The van der Waals surface area contributed by atoms with E-state index in [9.17, 15) is 41.9 Å². The van der Waals surface area contributed by atoms with Gasteiger partial charge in [-0.3, -0.25) is 19.2 Å². The van der Waals surface area contributed by atoms with E-state index in [-0.39, 0.29) is 38.0 Å². The number of rotatable bonds is 11. The van der Waals surface area contributed by atoms with Crippen LogP contribution in [-0.2, 0) is 45.9 Å². The molecule has 6 atom stereocenters. The van der Waals surface area contributed by atoms with Crippen LogP contribution in [0.3, 0.4) is 0 Å². The third kappa shape index (κ3) is 9.48. The van der Waals surface area contributed by atoms with Crippen molar-refractivity contribution >= 4 is 41.5 Å². The lowest BCUT2D eigenvalue weighted by molar-refractivity contribution is -0.147. The molecule has 0 radical (unpaired) electrons. The highest BCUT2D eigenvalue weighted by Crippen LogP contribution is 2.49. The average molecular weight is 934 g/mol. The average Bonchev–Trinajstić information content (AvgIpc) is 4.05. The maximum atomic E-state index is 14.3. The van der Waals surface area contributed by atoms with Gasteiger partial charge in [-0.25, -0.2) is 9.59 Å². The van der Waals surface area contributed by atoms with E-state index in [1.165, 1.54) is 36.2 Å². The number of likely N-dealkylation sites (tertiary alicyclic amines) is 2. The van der Waals surface area contributed by atoms with E-state index in [4.69, 9.17) is 20.9 Å². The van der Waals surface area contributed by atoms with Gasteiger partial charge in [0.1, 0.15) is 23.2 Å². The van der Waals surface area contributed by atoms with Crippen LogP contribution in [0.2, 0.25) is 0 Å². The van der Waals surface area contributed by atoms with Gasteiger partial charge in [0.05, 0.1) is 31.9 Å². The highest BCUT2D eigenvalue weighted by molar-refractivity contribution is 5.96. The molecular formula is C49H62F3N7O8. The lowest BCUT2D eigenvalue weighted by atomic mass is 9.82. The Morgan fingerprint density at radius 1 is 0.612 bits per heavy atom. The number of hydrogen-bond acceptors (Lipinski definition) is 9. The van der Waals surface area contributed by atoms with Gasteiger partial charge in [0.15, 0.2) is 0 Å². The van der Waals surface area contributed by atoms with E-state index in [0.717, 1.165) is 23.3 Å². The largest absolute Gasteiger partial charge is 0.453 e. The number of nitrogens with two attached hydrogens (primary N) is 2. The van der Waals surface area contributed by atoms with Gasteiger partial charge >= 0.3 is 18.4 Å². The Kier molecular flexibility index (Phi) is 14.0. The first kappa shape index (κ1) is 50.1. The van der Waals surface area contributed by atoms with Crippen LogP contribution in [0.1, 0.15) is 120 Å². The summed E-state index contributed by atoms with van der Waals surface area (Å²) in [6.07, 6.45) is -3.60. The molecule has 0 aliphatic carbocycles. The Morgan fingerprint density at radius 3 is 1.27 bits per heavy atom. The quantitative estimate of drug-likeness (QED) is 0.157. The Bertz CT molecular complexity index is 2210. The Hall–Kier alpha value is -6.33. The molecule has 0 bridgehead atoms. The molecule has 3 aromatic rings. The van der Waals surface area contributed by atoms with Crippen LogP contribution < -0.4 is 27.0 Å². The van der Waals surface area contributed by atoms with E-state index < -0.39 is 81.5 Å². The molecule has 3 aromatic carbocycles. The number of carbonyl (C=O) groups is 6. The zero-order chi connectivity index (χ0) is 49.4. The number of benzene rings is 3. The SMILES string of the molecule is COC(=O)N[C@H](C(=O)N1CCC[C@@]1(C(N)=O)c1ccc([C@H]2CC[C@H](c3ccc([C@]4(C(N)=O)CCCN4C(=O)[C@@H](NC(=O)OC)C(C)(C)C)cc3)N2c2ccc(C(F)(F)F)cc2)cc1)C(C)(C)C. The minimum absolute atomic E-state index is 0.211. The maximum absolute atomic E-state index is 14.3. The predicted octanol–water partition coefficient (Wildman–Crippen LogP) is 6.94. The molecule has 0 spiro atoms. The molecule has 67 heavy (non-hydrogen) atoms. The summed E-state index contributed by atoms with van der Waals surface area (Å²) >= 11 is 0. The number of anilines is 1. The smallest absolute Gasteiger partial charge is 0.416 e. The molecule has 6 rings (SSSR count). The second-order valence-corrected chi connectivity index (χ2v) is 19.8. The summed E-state index contributed by atoms with van der Waals surface area (Å²) in [7, 11) is 2.39. The first-order chi connectivity index (χ1) is 31.3. The molecular weight excluding hydrogens is 872 g/mol. The first-order valence-electron chi connectivity index (χ1n) is 22.4. The minimum Gasteiger partial charge on any atom is -0.453 e. The van der Waals surface area contributed by atoms with Gasteiger partial charge in [-0.2, -0.15) is 13.2 Å². The van der Waals surface area contributed by atoms with Crippen LogP contribution in [0.4, 0.5) is 28.4 Å². The van der Waals surface area contributed by atoms with E-state index in [1.807, 2.05) is 29.2 Å². The van der Waals surface area contributed by atoms with Crippen LogP contribution in [0.5, 0.6) is 0 Å². The molecule has 18 heteroatoms. The molecule has 0 unspecified atom stereocenters. The number of amides is 6. The number of nitrogens with zero attached hydrogens (tertiary/aromatic N) is 3. The number of nitrogens with one attached hydrogen (secondary N) is 2. The van der Waals surface area contributed by atoms with Crippen molar-refractivity contribution in [3.63, 3.8) is 0 Å². The van der Waals surface area contributed by atoms with Crippen molar-refractivity contribution in [2.24, 2.45) is 22.3 Å². The number of carbonyl (C=O) groups excluding carboxylic acids is 6. The summed E-state index contributed by atoms with van der Waals surface area (Å²) < 4.78 is 51.0. The summed E-state index contributed by atoms with van der Waals surface area (Å²) in [6.45, 7) is 11.1. The third-order valence-corrected chi connectivity index (χ3v) is 13.7. The van der Waals surface area contributed by atoms with Gasteiger partial charge < -0.3 is 46.3 Å². The van der Waals surface area contributed by atoms with E-state index >= 15 is 0 Å². The number of alkyl halides is 3. The number of halogens is 3. The third-order valence-electron chi connectivity index (χ3n) is 13.7. The number of hydrogen-bond donors (Lipinski definition) is 4. The molecule has 6 N–H and O–H groups in total. The van der Waals surface area contributed by atoms with Gasteiger partial charge in [-0.05, 0) is 95.9 Å². The van der Waals surface area contributed by atoms with E-state index in [0.29, 0.717) is 42.5 Å². The molecule has 0 aromatic heterocycles. The van der Waals surface area contributed by atoms with Crippen molar-refractivity contribution in [3.8, 4) is 0 Å². The van der Waals surface area contributed by atoms with E-state index in [2.05, 4.69) is 10.6 Å². The maximum Gasteiger partial charge on any atom is 0.416 e. The zero-order valence-electron chi connectivity index (χ0n) is 39.3. The van der Waals surface area contributed by atoms with Crippen LogP contribution in [0.25, 0.3) is 0 Å². The van der Waals surface area contributed by atoms with Crippen molar-refractivity contribution in [1.29, 1.82) is 0 Å². The standard InChI is InChI=1S/C49H62F3N7O8/c1-45(2,3)37(55-43(64)66-7)39(60)57-27-9-25-47(57,41(53)62)31-15-11-29(12-16-31)35-23-24-36(59(35)34-21-19-33(20-22-34)49(50,51)52)30-13-17-32(18-14-30)48(42(54)63)26-10-28-58(48)40(61)38(46(4,5)6)56-44(65)67-8/h11-22,35-38H,9-10,23-28H2,1-8H3,(H2,53,62)(H2,54,63)(H,55,64)(H,56,65)/t35-,36-,37-,38-,47+,48+/m1/s1. The Morgan fingerprint density at radius 2 is 0.970 bits per heavy atom. The van der Waals surface area contributed by atoms with E-state index in [1.54, 1.807) is 65.8 Å². The second-order valence-electron chi connectivity index (χ2n) is 19.8. The molecule has 3 aliphatic heterocycles. The number of ether oxygens (including phenoxy) is 2. The Labute approximate surface area is 389 Å². The molecule has 6 amide bonds. The summed E-state index contributed by atoms with van der Waals surface area (Å²) in [6, 6.07) is 16.5.